The Bertz CT molecular complexity index is 1000. The summed E-state index contributed by atoms with van der Waals surface area (Å²) in [7, 11) is 0. The van der Waals surface area contributed by atoms with Crippen LogP contribution in [0.1, 0.15) is 51.5 Å². The normalized spacial score (nSPS) is 12.1. The maximum Gasteiger partial charge on any atom is 0.263 e. The van der Waals surface area contributed by atoms with Crippen molar-refractivity contribution in [3.8, 4) is 5.75 Å². The van der Waals surface area contributed by atoms with Crippen LogP contribution in [0.2, 0.25) is 0 Å². The van der Waals surface area contributed by atoms with Crippen molar-refractivity contribution in [2.75, 3.05) is 6.54 Å². The van der Waals surface area contributed by atoms with Crippen molar-refractivity contribution in [1.82, 2.24) is 10.3 Å². The van der Waals surface area contributed by atoms with E-state index in [1.54, 1.807) is 31.2 Å². The number of thiazole rings is 1. The first kappa shape index (κ1) is 21.9. The Morgan fingerprint density at radius 2 is 1.97 bits per heavy atom. The van der Waals surface area contributed by atoms with Crippen LogP contribution >= 0.6 is 11.3 Å². The number of halogens is 1. The van der Waals surface area contributed by atoms with Crippen LogP contribution in [0, 0.1) is 12.7 Å². The second kappa shape index (κ2) is 9.82. The Hall–Kier alpha value is -2.77. The number of aryl methyl sites for hydroxylation is 1. The maximum absolute atomic E-state index is 13.1. The van der Waals surface area contributed by atoms with Crippen molar-refractivity contribution < 1.29 is 19.0 Å². The van der Waals surface area contributed by atoms with Crippen molar-refractivity contribution in [1.29, 1.82) is 0 Å². The van der Waals surface area contributed by atoms with Gasteiger partial charge in [0.25, 0.3) is 5.91 Å². The monoisotopic (exact) mass is 428 g/mol. The van der Waals surface area contributed by atoms with Crippen LogP contribution in [0.4, 0.5) is 4.39 Å². The van der Waals surface area contributed by atoms with Gasteiger partial charge in [0, 0.05) is 13.0 Å². The van der Waals surface area contributed by atoms with Crippen LogP contribution in [0.15, 0.2) is 48.5 Å². The quantitative estimate of drug-likeness (QED) is 0.557. The third-order valence-electron chi connectivity index (χ3n) is 4.39. The van der Waals surface area contributed by atoms with Gasteiger partial charge in [-0.05, 0) is 56.2 Å². The summed E-state index contributed by atoms with van der Waals surface area (Å²) in [5.74, 6) is 0.120. The Kier molecular flexibility index (Phi) is 7.18. The zero-order valence-electron chi connectivity index (χ0n) is 17.2. The summed E-state index contributed by atoms with van der Waals surface area (Å²) in [5.41, 5.74) is 2.24. The number of amides is 1. The number of carbonyl (C=O) groups is 1. The minimum atomic E-state index is -0.850. The van der Waals surface area contributed by atoms with Crippen molar-refractivity contribution in [3.63, 3.8) is 0 Å². The summed E-state index contributed by atoms with van der Waals surface area (Å²) in [6.45, 7) is 5.73. The predicted molar refractivity (Wildman–Crippen MR) is 116 cm³/mol. The van der Waals surface area contributed by atoms with E-state index in [2.05, 4.69) is 10.3 Å². The van der Waals surface area contributed by atoms with Crippen LogP contribution in [0.5, 0.6) is 5.75 Å². The number of aliphatic hydroxyl groups is 1. The first-order valence-electron chi connectivity index (χ1n) is 9.75. The molecule has 0 radical (unpaired) electrons. The summed E-state index contributed by atoms with van der Waals surface area (Å²) in [5, 5.41) is 14.0. The minimum Gasteiger partial charge on any atom is -0.491 e. The highest BCUT2D eigenvalue weighted by Crippen LogP contribution is 2.22. The van der Waals surface area contributed by atoms with Gasteiger partial charge in [0.2, 0.25) is 0 Å². The highest BCUT2D eigenvalue weighted by Gasteiger charge is 2.17. The molecule has 2 aromatic carbocycles. The summed E-state index contributed by atoms with van der Waals surface area (Å²) in [4.78, 5) is 17.6. The summed E-state index contributed by atoms with van der Waals surface area (Å²) >= 11 is 1.30. The topological polar surface area (TPSA) is 71.5 Å². The first-order chi connectivity index (χ1) is 14.3. The minimum absolute atomic E-state index is 0.0375. The lowest BCUT2D eigenvalue weighted by atomic mass is 10.1. The van der Waals surface area contributed by atoms with E-state index in [-0.39, 0.29) is 24.4 Å². The Balaban J connectivity index is 1.61. The Morgan fingerprint density at radius 3 is 2.67 bits per heavy atom. The van der Waals surface area contributed by atoms with Gasteiger partial charge < -0.3 is 15.2 Å². The molecule has 7 heteroatoms. The molecule has 5 nitrogen and oxygen atoms in total. The lowest BCUT2D eigenvalue weighted by Gasteiger charge is -2.15. The van der Waals surface area contributed by atoms with Crippen molar-refractivity contribution in [2.45, 2.75) is 39.4 Å². The smallest absolute Gasteiger partial charge is 0.263 e. The van der Waals surface area contributed by atoms with Gasteiger partial charge >= 0.3 is 0 Å². The van der Waals surface area contributed by atoms with Gasteiger partial charge in [-0.3, -0.25) is 4.79 Å². The molecule has 0 spiro atoms. The number of hydrogen-bond acceptors (Lipinski definition) is 5. The van der Waals surface area contributed by atoms with Crippen LogP contribution in [-0.2, 0) is 6.42 Å². The van der Waals surface area contributed by atoms with Gasteiger partial charge in [0.1, 0.15) is 16.4 Å². The number of benzene rings is 2. The molecule has 3 rings (SSSR count). The summed E-state index contributed by atoms with van der Waals surface area (Å²) < 4.78 is 18.7. The molecule has 3 aromatic rings. The molecule has 0 fully saturated rings. The largest absolute Gasteiger partial charge is 0.491 e. The second-order valence-electron chi connectivity index (χ2n) is 7.29. The molecule has 1 atom stereocenters. The molecule has 0 saturated carbocycles. The molecular formula is C23H25FN2O3S. The Morgan fingerprint density at radius 1 is 1.23 bits per heavy atom. The van der Waals surface area contributed by atoms with E-state index < -0.39 is 6.10 Å². The molecule has 2 N–H and O–H groups in total. The molecule has 0 aliphatic heterocycles. The van der Waals surface area contributed by atoms with Crippen molar-refractivity contribution >= 4 is 17.2 Å². The molecule has 1 amide bonds. The SMILES string of the molecule is Cc1nc(Cc2ccc(F)cc2)sc1C(=O)NCC(O)c1cccc(OC(C)C)c1. The van der Waals surface area contributed by atoms with Crippen LogP contribution < -0.4 is 10.1 Å². The van der Waals surface area contributed by atoms with E-state index >= 15 is 0 Å². The lowest BCUT2D eigenvalue weighted by Crippen LogP contribution is -2.28. The third kappa shape index (κ3) is 5.87. The third-order valence-corrected chi connectivity index (χ3v) is 5.54. The first-order valence-corrected chi connectivity index (χ1v) is 10.6. The number of carbonyl (C=O) groups excluding carboxylic acids is 1. The number of rotatable bonds is 8. The van der Waals surface area contributed by atoms with Gasteiger partial charge in [0.05, 0.1) is 22.9 Å². The zero-order chi connectivity index (χ0) is 21.7. The molecule has 1 unspecified atom stereocenters. The van der Waals surface area contributed by atoms with Crippen LogP contribution in [0.3, 0.4) is 0 Å². The average Bonchev–Trinajstić information content (AvgIpc) is 3.07. The van der Waals surface area contributed by atoms with Crippen molar-refractivity contribution in [2.24, 2.45) is 0 Å². The number of hydrogen-bond donors (Lipinski definition) is 2. The maximum atomic E-state index is 13.1. The second-order valence-corrected chi connectivity index (χ2v) is 8.37. The molecule has 30 heavy (non-hydrogen) atoms. The van der Waals surface area contributed by atoms with Crippen LogP contribution in [-0.4, -0.2) is 28.6 Å². The van der Waals surface area contributed by atoms with E-state index in [1.165, 1.54) is 23.5 Å². The van der Waals surface area contributed by atoms with E-state index in [9.17, 15) is 14.3 Å². The molecular weight excluding hydrogens is 403 g/mol. The molecule has 0 aliphatic carbocycles. The Labute approximate surface area is 179 Å². The molecule has 0 saturated heterocycles. The molecule has 0 aliphatic rings. The molecule has 158 valence electrons. The van der Waals surface area contributed by atoms with E-state index in [0.29, 0.717) is 28.3 Å². The summed E-state index contributed by atoms with van der Waals surface area (Å²) in [6, 6.07) is 13.4. The highest BCUT2D eigenvalue weighted by atomic mass is 32.1. The molecule has 1 aromatic heterocycles. The number of aromatic nitrogens is 1. The fourth-order valence-corrected chi connectivity index (χ4v) is 3.99. The van der Waals surface area contributed by atoms with E-state index in [1.807, 2.05) is 26.0 Å². The van der Waals surface area contributed by atoms with Crippen LogP contribution in [0.25, 0.3) is 0 Å². The average molecular weight is 429 g/mol. The van der Waals surface area contributed by atoms with Gasteiger partial charge in [-0.15, -0.1) is 11.3 Å². The summed E-state index contributed by atoms with van der Waals surface area (Å²) in [6.07, 6.45) is -0.281. The number of nitrogens with one attached hydrogen (secondary N) is 1. The zero-order valence-corrected chi connectivity index (χ0v) is 18.0. The van der Waals surface area contributed by atoms with E-state index in [4.69, 9.17) is 4.74 Å². The number of nitrogens with zero attached hydrogens (tertiary/aromatic N) is 1. The van der Waals surface area contributed by atoms with Gasteiger partial charge in [-0.1, -0.05) is 24.3 Å². The number of aliphatic hydroxyl groups excluding tert-OH is 1. The van der Waals surface area contributed by atoms with Gasteiger partial charge in [-0.25, -0.2) is 9.37 Å². The van der Waals surface area contributed by atoms with Gasteiger partial charge in [0.15, 0.2) is 0 Å². The van der Waals surface area contributed by atoms with Crippen molar-refractivity contribution in [3.05, 3.63) is 81.1 Å². The van der Waals surface area contributed by atoms with Gasteiger partial charge in [-0.2, -0.15) is 0 Å². The number of ether oxygens (including phenoxy) is 1. The fourth-order valence-electron chi connectivity index (χ4n) is 2.97. The standard InChI is InChI=1S/C23H25FN2O3S/c1-14(2)29-19-6-4-5-17(12-19)20(27)13-25-23(28)22-15(3)26-21(30-22)11-16-7-9-18(24)10-8-16/h4-10,12,14,20,27H,11,13H2,1-3H3,(H,25,28). The predicted octanol–water partition coefficient (Wildman–Crippen LogP) is 4.43. The molecule has 1 heterocycles. The highest BCUT2D eigenvalue weighted by molar-refractivity contribution is 7.13. The molecule has 0 bridgehead atoms. The lowest BCUT2D eigenvalue weighted by molar-refractivity contribution is 0.0919. The fraction of sp³-hybridized carbons (Fsp3) is 0.304. The van der Waals surface area contributed by atoms with E-state index in [0.717, 1.165) is 10.6 Å².